The quantitative estimate of drug-likeness (QED) is 0.0615. The molecule has 15 nitrogen and oxygen atoms in total. The van der Waals surface area contributed by atoms with Crippen molar-refractivity contribution in [3.63, 3.8) is 0 Å². The van der Waals surface area contributed by atoms with Crippen LogP contribution in [0.15, 0.2) is 48.5 Å². The van der Waals surface area contributed by atoms with Crippen LogP contribution in [0.1, 0.15) is 31.0 Å². The second kappa shape index (κ2) is 13.0. The van der Waals surface area contributed by atoms with Crippen molar-refractivity contribution in [1.29, 1.82) is 0 Å². The molecule has 1 unspecified atom stereocenters. The number of hydrogen-bond donors (Lipinski definition) is 3. The maximum Gasteiger partial charge on any atom is 0.514 e. The lowest BCUT2D eigenvalue weighted by Crippen LogP contribution is -2.71. The number of non-ortho nitro benzene ring substituents is 1. The van der Waals surface area contributed by atoms with E-state index in [1.165, 1.54) is 65.2 Å². The molecule has 0 saturated carbocycles. The number of nitro groups is 1. The van der Waals surface area contributed by atoms with E-state index < -0.39 is 63.2 Å². The Kier molecular flexibility index (Phi) is 9.63. The normalized spacial score (nSPS) is 20.6. The monoisotopic (exact) mass is 728 g/mol. The Morgan fingerprint density at radius 1 is 1.12 bits per heavy atom. The van der Waals surface area contributed by atoms with Crippen LogP contribution in [-0.2, 0) is 30.5 Å². The highest BCUT2D eigenvalue weighted by atomic mass is 127. The number of hydrogen-bond acceptors (Lipinski definition) is 11. The van der Waals surface area contributed by atoms with Crippen LogP contribution in [-0.4, -0.2) is 71.8 Å². The minimum Gasteiger partial charge on any atom is -0.480 e. The number of rotatable bonds is 10. The fourth-order valence-corrected chi connectivity index (χ4v) is 6.48. The lowest BCUT2D eigenvalue weighted by atomic mass is 9.95. The van der Waals surface area contributed by atoms with Crippen molar-refractivity contribution in [2.45, 2.75) is 48.7 Å². The third-order valence-corrected chi connectivity index (χ3v) is 8.48. The number of ether oxygens (including phenoxy) is 3. The van der Waals surface area contributed by atoms with E-state index in [-0.39, 0.29) is 28.2 Å². The van der Waals surface area contributed by atoms with Crippen molar-refractivity contribution in [3.8, 4) is 5.75 Å². The molecule has 3 N–H and O–H groups in total. The fourth-order valence-electron chi connectivity index (χ4n) is 4.60. The van der Waals surface area contributed by atoms with Crippen molar-refractivity contribution in [2.75, 3.05) is 4.61 Å². The first-order valence-electron chi connectivity index (χ1n) is 12.5. The number of benzene rings is 2. The summed E-state index contributed by atoms with van der Waals surface area (Å²) in [4.78, 5) is 74.1. The number of carboxylic acid groups (broad SMARTS) is 1. The molecule has 0 radical (unpaired) electrons. The number of carbonyl (C=O) groups excluding carboxylic acids is 4. The minimum atomic E-state index is -1.38. The molecule has 2 aliphatic heterocycles. The summed E-state index contributed by atoms with van der Waals surface area (Å²) < 4.78 is 14.2. The molecule has 0 aliphatic carbocycles. The second-order valence-electron chi connectivity index (χ2n) is 9.84. The van der Waals surface area contributed by atoms with E-state index in [1.807, 2.05) is 22.6 Å². The number of carbonyl (C=O) groups is 5. The molecule has 2 aromatic carbocycles. The molecule has 4 rings (SSSR count). The van der Waals surface area contributed by atoms with Crippen molar-refractivity contribution >= 4 is 70.1 Å². The van der Waals surface area contributed by atoms with Gasteiger partial charge in [0.25, 0.3) is 5.69 Å². The Bertz CT molecular complexity index is 1440. The Morgan fingerprint density at radius 3 is 2.35 bits per heavy atom. The first kappa shape index (κ1) is 31.8. The molecule has 43 heavy (non-hydrogen) atoms. The van der Waals surface area contributed by atoms with E-state index >= 15 is 0 Å². The summed E-state index contributed by atoms with van der Waals surface area (Å²) in [6, 6.07) is 7.42. The first-order valence-corrected chi connectivity index (χ1v) is 14.9. The molecular formula is C26H25IN4O11S. The number of aliphatic carboxylic acids is 1. The van der Waals surface area contributed by atoms with Crippen LogP contribution in [0.25, 0.3) is 0 Å². The van der Waals surface area contributed by atoms with Gasteiger partial charge in [-0.1, -0.05) is 12.1 Å². The Morgan fingerprint density at radius 2 is 1.77 bits per heavy atom. The van der Waals surface area contributed by atoms with E-state index in [9.17, 15) is 39.2 Å². The van der Waals surface area contributed by atoms with Crippen molar-refractivity contribution < 1.29 is 48.2 Å². The number of nitrogens with one attached hydrogen (secondary N) is 2. The number of amides is 3. The second-order valence-corrected chi connectivity index (χ2v) is 12.2. The van der Waals surface area contributed by atoms with E-state index in [0.29, 0.717) is 5.56 Å². The third kappa shape index (κ3) is 7.10. The van der Waals surface area contributed by atoms with Gasteiger partial charge in [-0.3, -0.25) is 19.7 Å². The maximum atomic E-state index is 13.5. The molecule has 2 aliphatic rings. The Balaban J connectivity index is 1.48. The molecule has 0 spiro atoms. The van der Waals surface area contributed by atoms with E-state index in [1.54, 1.807) is 13.8 Å². The summed E-state index contributed by atoms with van der Waals surface area (Å²) in [5.41, 5.74) is 0.559. The zero-order valence-electron chi connectivity index (χ0n) is 22.6. The lowest BCUT2D eigenvalue weighted by Gasteiger charge is -2.44. The molecule has 0 bridgehead atoms. The average molecular weight is 728 g/mol. The van der Waals surface area contributed by atoms with Gasteiger partial charge in [-0.25, -0.2) is 14.4 Å². The molecule has 0 aromatic heterocycles. The van der Waals surface area contributed by atoms with Gasteiger partial charge in [0.1, 0.15) is 40.5 Å². The van der Waals surface area contributed by atoms with Crippen molar-refractivity contribution in [3.05, 3.63) is 69.8 Å². The first-order chi connectivity index (χ1) is 20.3. The van der Waals surface area contributed by atoms with Gasteiger partial charge >= 0.3 is 18.2 Å². The van der Waals surface area contributed by atoms with E-state index in [0.717, 1.165) is 0 Å². The Hall–Kier alpha value is -4.13. The highest BCUT2D eigenvalue weighted by Crippen LogP contribution is 2.50. The molecule has 2 heterocycles. The predicted octanol–water partition coefficient (Wildman–Crippen LogP) is 3.10. The molecule has 2 saturated heterocycles. The van der Waals surface area contributed by atoms with Crippen LogP contribution in [0, 0.1) is 10.1 Å². The van der Waals surface area contributed by atoms with E-state index in [2.05, 4.69) is 10.6 Å². The fraction of sp³-hybridized carbons (Fsp3) is 0.346. The SMILES string of the molecule is CC1(C)S[C@@H]2[C@H](NC(=O)C(NC(=O)OCc3ccc([N+](=O)[O-])cc3)c3ccc(OC(=O)OCI)cc3)C(=O)N2[C@H]1C(=O)O. The molecular weight excluding hydrogens is 703 g/mol. The smallest absolute Gasteiger partial charge is 0.480 e. The molecule has 3 amide bonds. The van der Waals surface area contributed by atoms with Crippen LogP contribution < -0.4 is 15.4 Å². The van der Waals surface area contributed by atoms with Crippen LogP contribution in [0.3, 0.4) is 0 Å². The topological polar surface area (TPSA) is 204 Å². The van der Waals surface area contributed by atoms with Crippen molar-refractivity contribution in [2.24, 2.45) is 0 Å². The lowest BCUT2D eigenvalue weighted by molar-refractivity contribution is -0.384. The van der Waals surface area contributed by atoms with Gasteiger partial charge in [-0.2, -0.15) is 0 Å². The molecule has 4 atom stereocenters. The van der Waals surface area contributed by atoms with Gasteiger partial charge in [-0.15, -0.1) is 11.8 Å². The molecule has 228 valence electrons. The van der Waals surface area contributed by atoms with Gasteiger partial charge in [0, 0.05) is 16.9 Å². The number of carboxylic acids is 1. The highest BCUT2D eigenvalue weighted by molar-refractivity contribution is 14.1. The maximum absolute atomic E-state index is 13.5. The number of thioether (sulfide) groups is 1. The molecule has 2 fully saturated rings. The summed E-state index contributed by atoms with van der Waals surface area (Å²) in [6.45, 7) is 3.14. The van der Waals surface area contributed by atoms with Crippen LogP contribution >= 0.6 is 34.4 Å². The van der Waals surface area contributed by atoms with Gasteiger partial charge in [0.15, 0.2) is 0 Å². The molecule has 2 aromatic rings. The summed E-state index contributed by atoms with van der Waals surface area (Å²) in [6.07, 6.45) is -1.94. The van der Waals surface area contributed by atoms with Crippen LogP contribution in [0.2, 0.25) is 0 Å². The zero-order valence-corrected chi connectivity index (χ0v) is 25.5. The average Bonchev–Trinajstić information content (AvgIpc) is 3.22. The number of fused-ring (bicyclic) bond motifs is 1. The van der Waals surface area contributed by atoms with Crippen molar-refractivity contribution in [1.82, 2.24) is 15.5 Å². The van der Waals surface area contributed by atoms with Gasteiger partial charge in [-0.05, 0) is 71.8 Å². The number of halogens is 1. The summed E-state index contributed by atoms with van der Waals surface area (Å²) >= 11 is 3.07. The zero-order chi connectivity index (χ0) is 31.5. The third-order valence-electron chi connectivity index (χ3n) is 6.60. The molecule has 17 heteroatoms. The van der Waals surface area contributed by atoms with Crippen LogP contribution in [0.4, 0.5) is 15.3 Å². The summed E-state index contributed by atoms with van der Waals surface area (Å²) in [5.74, 6) is -2.40. The highest BCUT2D eigenvalue weighted by Gasteiger charge is 2.64. The van der Waals surface area contributed by atoms with Gasteiger partial charge in [0.2, 0.25) is 11.8 Å². The van der Waals surface area contributed by atoms with Gasteiger partial charge < -0.3 is 34.9 Å². The number of alkyl carbamates (subject to hydrolysis) is 1. The number of alkyl halides is 1. The minimum absolute atomic E-state index is 0.0732. The Labute approximate surface area is 261 Å². The predicted molar refractivity (Wildman–Crippen MR) is 157 cm³/mol. The van der Waals surface area contributed by atoms with Gasteiger partial charge in [0.05, 0.1) is 4.92 Å². The van der Waals surface area contributed by atoms with E-state index in [4.69, 9.17) is 14.2 Å². The summed E-state index contributed by atoms with van der Waals surface area (Å²) in [7, 11) is 0. The number of β-lactam (4-membered cyclic amide) rings is 1. The van der Waals surface area contributed by atoms with Crippen LogP contribution in [0.5, 0.6) is 5.75 Å². The number of nitro benzene ring substituents is 1. The summed E-state index contributed by atoms with van der Waals surface area (Å²) in [5, 5.41) is 24.9. The largest absolute Gasteiger partial charge is 0.514 e. The number of nitrogens with zero attached hydrogens (tertiary/aromatic N) is 2. The standard InChI is InChI=1S/C26H25IN4O11S/c1-26(2)19(23(34)35)30-21(33)18(22(30)43-26)28-20(32)17(14-5-9-16(10-6-14)42-25(37)41-12-27)29-24(36)40-11-13-3-7-15(8-4-13)31(38)39/h3-10,17-19,22H,11-12H2,1-2H3,(H,28,32)(H,29,36)(H,34,35)/t17?,18-,19+,22-/m1/s1.